The summed E-state index contributed by atoms with van der Waals surface area (Å²) in [6, 6.07) is 12.2. The molecule has 0 atom stereocenters. The fraction of sp³-hybridized carbons (Fsp3) is 0.190. The molecule has 3 N–H and O–H groups in total. The van der Waals surface area contributed by atoms with Gasteiger partial charge in [-0.05, 0) is 49.2 Å². The highest BCUT2D eigenvalue weighted by Gasteiger charge is 2.38. The molecule has 1 amide bonds. The molecule has 26 heavy (non-hydrogen) atoms. The molecule has 4 nitrogen and oxygen atoms in total. The van der Waals surface area contributed by atoms with Gasteiger partial charge in [0.25, 0.3) is 5.91 Å². The Hall–Kier alpha value is -2.92. The zero-order valence-electron chi connectivity index (χ0n) is 14.6. The van der Waals surface area contributed by atoms with Crippen molar-refractivity contribution in [3.05, 3.63) is 76.8 Å². The zero-order valence-corrected chi connectivity index (χ0v) is 14.6. The van der Waals surface area contributed by atoms with Gasteiger partial charge in [0.15, 0.2) is 0 Å². The van der Waals surface area contributed by atoms with Gasteiger partial charge in [0.1, 0.15) is 17.2 Å². The van der Waals surface area contributed by atoms with E-state index in [2.05, 4.69) is 5.32 Å². The molecule has 0 unspecified atom stereocenters. The molecule has 0 spiro atoms. The van der Waals surface area contributed by atoms with Crippen LogP contribution in [0.1, 0.15) is 30.5 Å². The number of carbonyl (C=O) groups is 1. The summed E-state index contributed by atoms with van der Waals surface area (Å²) in [7, 11) is 0. The minimum atomic E-state index is -0.599. The third-order valence-corrected chi connectivity index (χ3v) is 4.74. The number of allylic oxidation sites excluding steroid dienone is 1. The molecule has 2 aliphatic heterocycles. The number of carbonyl (C=O) groups excluding carboxylic acids is 1. The van der Waals surface area contributed by atoms with E-state index in [0.29, 0.717) is 29.1 Å². The third-order valence-electron chi connectivity index (χ3n) is 4.74. The molecule has 5 heteroatoms. The van der Waals surface area contributed by atoms with Gasteiger partial charge in [-0.15, -0.1) is 0 Å². The molecule has 0 fully saturated rings. The number of amides is 1. The highest BCUT2D eigenvalue weighted by atomic mass is 19.1. The molecule has 0 aliphatic carbocycles. The SMILES string of the molecule is CC1(C)OC(=C2C(=O)Nc3cc(F)ccc32)C=C1c1cccc(CN)c1. The summed E-state index contributed by atoms with van der Waals surface area (Å²) >= 11 is 0. The summed E-state index contributed by atoms with van der Waals surface area (Å²) in [6.45, 7) is 4.37. The minimum Gasteiger partial charge on any atom is -0.482 e. The average Bonchev–Trinajstić information content (AvgIpc) is 3.09. The molecule has 2 aromatic carbocycles. The van der Waals surface area contributed by atoms with Crippen molar-refractivity contribution in [2.24, 2.45) is 5.73 Å². The monoisotopic (exact) mass is 350 g/mol. The van der Waals surface area contributed by atoms with Crippen LogP contribution in [0.3, 0.4) is 0 Å². The predicted octanol–water partition coefficient (Wildman–Crippen LogP) is 3.84. The van der Waals surface area contributed by atoms with Crippen molar-refractivity contribution in [3.8, 4) is 0 Å². The maximum absolute atomic E-state index is 13.5. The molecule has 0 bridgehead atoms. The molecule has 4 rings (SSSR count). The van der Waals surface area contributed by atoms with Gasteiger partial charge in [-0.3, -0.25) is 4.79 Å². The van der Waals surface area contributed by atoms with Crippen LogP contribution in [0.25, 0.3) is 11.1 Å². The van der Waals surface area contributed by atoms with E-state index in [1.54, 1.807) is 6.07 Å². The molecule has 0 aromatic heterocycles. The average molecular weight is 350 g/mol. The van der Waals surface area contributed by atoms with Crippen LogP contribution in [0.2, 0.25) is 0 Å². The van der Waals surface area contributed by atoms with Crippen molar-refractivity contribution in [2.75, 3.05) is 5.32 Å². The van der Waals surface area contributed by atoms with E-state index in [0.717, 1.165) is 16.7 Å². The Labute approximate surface area is 151 Å². The van der Waals surface area contributed by atoms with Crippen molar-refractivity contribution in [3.63, 3.8) is 0 Å². The third kappa shape index (κ3) is 2.61. The van der Waals surface area contributed by atoms with Crippen LogP contribution in [0.15, 0.2) is 54.3 Å². The minimum absolute atomic E-state index is 0.287. The first-order valence-corrected chi connectivity index (χ1v) is 8.45. The van der Waals surface area contributed by atoms with E-state index >= 15 is 0 Å². The van der Waals surface area contributed by atoms with E-state index in [1.807, 2.05) is 44.2 Å². The van der Waals surface area contributed by atoms with Crippen molar-refractivity contribution >= 4 is 22.7 Å². The van der Waals surface area contributed by atoms with Crippen molar-refractivity contribution < 1.29 is 13.9 Å². The largest absolute Gasteiger partial charge is 0.482 e. The Morgan fingerprint density at radius 3 is 2.77 bits per heavy atom. The topological polar surface area (TPSA) is 64.3 Å². The molecule has 0 saturated carbocycles. The number of anilines is 1. The van der Waals surface area contributed by atoms with Crippen LogP contribution in [0, 0.1) is 5.82 Å². The van der Waals surface area contributed by atoms with E-state index in [-0.39, 0.29) is 5.91 Å². The van der Waals surface area contributed by atoms with Gasteiger partial charge in [-0.25, -0.2) is 4.39 Å². The van der Waals surface area contributed by atoms with Gasteiger partial charge in [0, 0.05) is 17.7 Å². The molecule has 2 aliphatic rings. The van der Waals surface area contributed by atoms with E-state index in [4.69, 9.17) is 10.5 Å². The van der Waals surface area contributed by atoms with Gasteiger partial charge in [0.05, 0.1) is 11.3 Å². The van der Waals surface area contributed by atoms with Crippen LogP contribution in [-0.4, -0.2) is 11.5 Å². The second kappa shape index (κ2) is 5.81. The number of benzene rings is 2. The lowest BCUT2D eigenvalue weighted by Crippen LogP contribution is -2.21. The Bertz CT molecular complexity index is 989. The quantitative estimate of drug-likeness (QED) is 0.809. The lowest BCUT2D eigenvalue weighted by Gasteiger charge is -2.23. The van der Waals surface area contributed by atoms with Crippen molar-refractivity contribution in [2.45, 2.75) is 26.0 Å². The first kappa shape index (κ1) is 16.5. The van der Waals surface area contributed by atoms with Gasteiger partial charge >= 0.3 is 0 Å². The normalized spacial score (nSPS) is 20.5. The van der Waals surface area contributed by atoms with Gasteiger partial charge in [0.2, 0.25) is 0 Å². The number of ether oxygens (including phenoxy) is 1. The number of rotatable bonds is 2. The number of nitrogens with two attached hydrogens (primary N) is 1. The standard InChI is InChI=1S/C21H19FN2O2/c1-21(2)16(13-5-3-4-12(8-13)11-23)10-18(26-21)19-15-7-6-14(22)9-17(15)24-20(19)25/h3-10H,11,23H2,1-2H3,(H,24,25). The molecule has 132 valence electrons. The van der Waals surface area contributed by atoms with Gasteiger partial charge in [-0.1, -0.05) is 24.3 Å². The highest BCUT2D eigenvalue weighted by Crippen LogP contribution is 2.44. The molecular formula is C21H19FN2O2. The summed E-state index contributed by atoms with van der Waals surface area (Å²) in [4.78, 5) is 12.5. The van der Waals surface area contributed by atoms with E-state index in [1.165, 1.54) is 12.1 Å². The first-order chi connectivity index (χ1) is 12.4. The Kier molecular flexibility index (Phi) is 3.70. The molecule has 0 radical (unpaired) electrons. The fourth-order valence-corrected chi connectivity index (χ4v) is 3.47. The first-order valence-electron chi connectivity index (χ1n) is 8.45. The van der Waals surface area contributed by atoms with Crippen LogP contribution in [0.5, 0.6) is 0 Å². The molecule has 0 saturated heterocycles. The smallest absolute Gasteiger partial charge is 0.260 e. The summed E-state index contributed by atoms with van der Waals surface area (Å²) in [5.74, 6) is -0.187. The molecular weight excluding hydrogens is 331 g/mol. The Balaban J connectivity index is 1.86. The molecule has 2 aromatic rings. The maximum atomic E-state index is 13.5. The number of hydrogen-bond donors (Lipinski definition) is 2. The van der Waals surface area contributed by atoms with E-state index < -0.39 is 11.4 Å². The van der Waals surface area contributed by atoms with Crippen molar-refractivity contribution in [1.82, 2.24) is 0 Å². The fourth-order valence-electron chi connectivity index (χ4n) is 3.47. The predicted molar refractivity (Wildman–Crippen MR) is 99.4 cm³/mol. The lowest BCUT2D eigenvalue weighted by atomic mass is 9.91. The second-order valence-corrected chi connectivity index (χ2v) is 6.96. The number of fused-ring (bicyclic) bond motifs is 1. The van der Waals surface area contributed by atoms with Gasteiger partial charge in [-0.2, -0.15) is 0 Å². The number of halogens is 1. The number of nitrogens with one attached hydrogen (secondary N) is 1. The zero-order chi connectivity index (χ0) is 18.5. The van der Waals surface area contributed by atoms with Gasteiger partial charge < -0.3 is 15.8 Å². The highest BCUT2D eigenvalue weighted by molar-refractivity contribution is 6.32. The lowest BCUT2D eigenvalue weighted by molar-refractivity contribution is -0.111. The van der Waals surface area contributed by atoms with Crippen LogP contribution >= 0.6 is 0 Å². The van der Waals surface area contributed by atoms with E-state index in [9.17, 15) is 9.18 Å². The van der Waals surface area contributed by atoms with Crippen LogP contribution < -0.4 is 11.1 Å². The Morgan fingerprint density at radius 1 is 1.19 bits per heavy atom. The maximum Gasteiger partial charge on any atom is 0.260 e. The second-order valence-electron chi connectivity index (χ2n) is 6.96. The Morgan fingerprint density at radius 2 is 2.00 bits per heavy atom. The van der Waals surface area contributed by atoms with Crippen LogP contribution in [0.4, 0.5) is 10.1 Å². The summed E-state index contributed by atoms with van der Waals surface area (Å²) in [5.41, 5.74) is 9.70. The van der Waals surface area contributed by atoms with Crippen molar-refractivity contribution in [1.29, 1.82) is 0 Å². The summed E-state index contributed by atoms with van der Waals surface area (Å²) in [5, 5.41) is 2.70. The van der Waals surface area contributed by atoms with Crippen LogP contribution in [-0.2, 0) is 16.1 Å². The summed E-state index contributed by atoms with van der Waals surface area (Å²) < 4.78 is 19.6. The number of hydrogen-bond acceptors (Lipinski definition) is 3. The summed E-state index contributed by atoms with van der Waals surface area (Å²) in [6.07, 6.45) is 1.89. The molecule has 2 heterocycles.